The summed E-state index contributed by atoms with van der Waals surface area (Å²) in [5, 5.41) is -0.796. The molecule has 2 amide bonds. The summed E-state index contributed by atoms with van der Waals surface area (Å²) in [6.45, 7) is 0. The molecule has 0 saturated carbocycles. The summed E-state index contributed by atoms with van der Waals surface area (Å²) in [7, 11) is 0. The van der Waals surface area contributed by atoms with E-state index in [0.29, 0.717) is 0 Å². The molecule has 0 aliphatic carbocycles. The highest BCUT2D eigenvalue weighted by Crippen LogP contribution is 2.01. The van der Waals surface area contributed by atoms with Crippen molar-refractivity contribution >= 4 is 11.8 Å². The van der Waals surface area contributed by atoms with E-state index in [1.165, 1.54) is 0 Å². The normalized spacial score (nSPS) is 10.6. The largest absolute Gasteiger partial charge is 0.317 e. The lowest BCUT2D eigenvalue weighted by molar-refractivity contribution is -0.158. The van der Waals surface area contributed by atoms with Gasteiger partial charge in [0.05, 0.1) is 0 Å². The Morgan fingerprint density at radius 2 is 1.25 bits per heavy atom. The molecule has 0 fully saturated rings. The van der Waals surface area contributed by atoms with Gasteiger partial charge >= 0.3 is 24.7 Å². The maximum absolute atomic E-state index is 11.4. The van der Waals surface area contributed by atoms with Crippen molar-refractivity contribution in [1.82, 2.24) is 5.01 Å². The Bertz CT molecular complexity index is 175. The van der Waals surface area contributed by atoms with Gasteiger partial charge in [-0.1, -0.05) is 0 Å². The number of carbonyl (C=O) groups excluding carboxylic acids is 2. The molecule has 0 bridgehead atoms. The van der Waals surface area contributed by atoms with Crippen LogP contribution < -0.4 is 5.84 Å². The molecule has 2 N–H and O–H groups in total. The van der Waals surface area contributed by atoms with Crippen LogP contribution in [0, 0.1) is 0 Å². The maximum atomic E-state index is 11.4. The van der Waals surface area contributed by atoms with Crippen LogP contribution in [0.5, 0.6) is 0 Å². The second kappa shape index (κ2) is 4.00. The van der Waals surface area contributed by atoms with Crippen LogP contribution in [-0.2, 0) is 9.59 Å². The zero-order valence-electron chi connectivity index (χ0n) is 5.51. The molecule has 4 nitrogen and oxygen atoms in total. The van der Waals surface area contributed by atoms with Crippen LogP contribution in [0.4, 0.5) is 17.6 Å². The monoisotopic (exact) mass is 188 g/mol. The number of rotatable bonds is 2. The van der Waals surface area contributed by atoms with E-state index in [-0.39, 0.29) is 0 Å². The summed E-state index contributed by atoms with van der Waals surface area (Å²) in [5.41, 5.74) is 0. The van der Waals surface area contributed by atoms with Crippen LogP contribution in [0.15, 0.2) is 0 Å². The predicted molar refractivity (Wildman–Crippen MR) is 28.0 cm³/mol. The molecule has 0 unspecified atom stereocenters. The van der Waals surface area contributed by atoms with E-state index in [2.05, 4.69) is 5.84 Å². The highest BCUT2D eigenvalue weighted by Gasteiger charge is 2.31. The number of hydrogen-bond acceptors (Lipinski definition) is 3. The summed E-state index contributed by atoms with van der Waals surface area (Å²) in [6.07, 6.45) is -7.14. The molecule has 0 aliphatic rings. The molecule has 8 heteroatoms. The van der Waals surface area contributed by atoms with Crippen LogP contribution in [-0.4, -0.2) is 29.7 Å². The molecule has 0 atom stereocenters. The molecule has 0 aromatic rings. The third-order valence-corrected chi connectivity index (χ3v) is 0.848. The lowest BCUT2D eigenvalue weighted by Gasteiger charge is -2.12. The van der Waals surface area contributed by atoms with Gasteiger partial charge in [-0.25, -0.2) is 10.9 Å². The number of hydrogen-bond donors (Lipinski definition) is 1. The third-order valence-electron chi connectivity index (χ3n) is 0.848. The first-order valence-electron chi connectivity index (χ1n) is 2.56. The van der Waals surface area contributed by atoms with Gasteiger partial charge in [-0.15, -0.1) is 0 Å². The van der Waals surface area contributed by atoms with E-state index in [0.717, 1.165) is 0 Å². The second-order valence-electron chi connectivity index (χ2n) is 1.65. The fourth-order valence-electron chi connectivity index (χ4n) is 0.319. The molecule has 0 aromatic carbocycles. The molecule has 0 heterocycles. The lowest BCUT2D eigenvalue weighted by Crippen LogP contribution is -2.48. The molecular formula is C4H4F4N2O2. The van der Waals surface area contributed by atoms with Crippen molar-refractivity contribution in [3.8, 4) is 0 Å². The summed E-state index contributed by atoms with van der Waals surface area (Å²) in [6, 6.07) is 0. The van der Waals surface area contributed by atoms with Crippen LogP contribution >= 0.6 is 0 Å². The third kappa shape index (κ3) is 2.46. The van der Waals surface area contributed by atoms with Gasteiger partial charge in [0.15, 0.2) is 0 Å². The van der Waals surface area contributed by atoms with Gasteiger partial charge in [0, 0.05) is 0 Å². The van der Waals surface area contributed by atoms with Crippen molar-refractivity contribution in [3.05, 3.63) is 0 Å². The number of halogens is 4. The molecule has 0 saturated heterocycles. The number of carbonyl (C=O) groups is 2. The Labute approximate surface area is 63.9 Å². The van der Waals surface area contributed by atoms with Gasteiger partial charge in [-0.05, 0) is 0 Å². The molecular weight excluding hydrogens is 184 g/mol. The topological polar surface area (TPSA) is 63.4 Å². The summed E-state index contributed by atoms with van der Waals surface area (Å²) < 4.78 is 45.7. The van der Waals surface area contributed by atoms with Gasteiger partial charge < -0.3 is 0 Å². The van der Waals surface area contributed by atoms with E-state index in [9.17, 15) is 27.2 Å². The molecule has 0 rings (SSSR count). The van der Waals surface area contributed by atoms with Crippen LogP contribution in [0.1, 0.15) is 0 Å². The Hall–Kier alpha value is -1.18. The zero-order valence-corrected chi connectivity index (χ0v) is 5.51. The SMILES string of the molecule is NN(C(=O)C(F)F)C(=O)C(F)F. The van der Waals surface area contributed by atoms with E-state index < -0.39 is 29.7 Å². The highest BCUT2D eigenvalue weighted by molar-refractivity contribution is 5.97. The molecule has 12 heavy (non-hydrogen) atoms. The quantitative estimate of drug-likeness (QED) is 0.281. The molecule has 0 aliphatic heterocycles. The minimum Gasteiger partial charge on any atom is -0.266 e. The fraction of sp³-hybridized carbons (Fsp3) is 0.500. The lowest BCUT2D eigenvalue weighted by atomic mass is 10.5. The Morgan fingerprint density at radius 3 is 1.42 bits per heavy atom. The number of alkyl halides is 4. The molecule has 0 spiro atoms. The number of amides is 2. The highest BCUT2D eigenvalue weighted by atomic mass is 19.3. The Kier molecular flexibility index (Phi) is 3.61. The van der Waals surface area contributed by atoms with Crippen molar-refractivity contribution in [2.75, 3.05) is 0 Å². The summed E-state index contributed by atoms with van der Waals surface area (Å²) in [4.78, 5) is 20.2. The van der Waals surface area contributed by atoms with Crippen LogP contribution in [0.3, 0.4) is 0 Å². The van der Waals surface area contributed by atoms with E-state index in [4.69, 9.17) is 0 Å². The van der Waals surface area contributed by atoms with Gasteiger partial charge in [-0.2, -0.15) is 17.6 Å². The van der Waals surface area contributed by atoms with Gasteiger partial charge in [-0.3, -0.25) is 9.59 Å². The number of imide groups is 1. The van der Waals surface area contributed by atoms with E-state index >= 15 is 0 Å². The van der Waals surface area contributed by atoms with Crippen molar-refractivity contribution in [1.29, 1.82) is 0 Å². The standard InChI is InChI=1S/C4H4F4N2O2/c5-1(6)3(11)10(9)4(12)2(7)8/h1-2H,9H2. The number of nitrogens with zero attached hydrogens (tertiary/aromatic N) is 1. The number of hydrazine groups is 1. The minimum absolute atomic E-state index is 0.796. The Balaban J connectivity index is 4.30. The first-order valence-corrected chi connectivity index (χ1v) is 2.56. The average molecular weight is 188 g/mol. The van der Waals surface area contributed by atoms with E-state index in [1.54, 1.807) is 0 Å². The molecule has 0 aromatic heterocycles. The van der Waals surface area contributed by atoms with Gasteiger partial charge in [0.2, 0.25) is 0 Å². The number of nitrogens with two attached hydrogens (primary N) is 1. The smallest absolute Gasteiger partial charge is 0.266 e. The van der Waals surface area contributed by atoms with Crippen molar-refractivity contribution < 1.29 is 27.2 Å². The maximum Gasteiger partial charge on any atom is 0.317 e. The van der Waals surface area contributed by atoms with Crippen LogP contribution in [0.25, 0.3) is 0 Å². The Morgan fingerprint density at radius 1 is 1.00 bits per heavy atom. The molecule has 70 valence electrons. The average Bonchev–Trinajstić information content (AvgIpc) is 2.00. The van der Waals surface area contributed by atoms with E-state index in [1.807, 2.05) is 0 Å². The van der Waals surface area contributed by atoms with Crippen LogP contribution in [0.2, 0.25) is 0 Å². The zero-order chi connectivity index (χ0) is 9.89. The van der Waals surface area contributed by atoms with Crippen molar-refractivity contribution in [2.24, 2.45) is 5.84 Å². The first kappa shape index (κ1) is 10.8. The van der Waals surface area contributed by atoms with Gasteiger partial charge in [0.1, 0.15) is 0 Å². The minimum atomic E-state index is -3.57. The summed E-state index contributed by atoms with van der Waals surface area (Å²) >= 11 is 0. The van der Waals surface area contributed by atoms with Crippen molar-refractivity contribution in [2.45, 2.75) is 12.9 Å². The first-order chi connectivity index (χ1) is 5.37. The fourth-order valence-corrected chi connectivity index (χ4v) is 0.319. The second-order valence-corrected chi connectivity index (χ2v) is 1.65. The molecule has 0 radical (unpaired) electrons. The van der Waals surface area contributed by atoms with Crippen molar-refractivity contribution in [3.63, 3.8) is 0 Å². The summed E-state index contributed by atoms with van der Waals surface area (Å²) in [5.74, 6) is 0.0319. The predicted octanol–water partition coefficient (Wildman–Crippen LogP) is -0.255. The van der Waals surface area contributed by atoms with Gasteiger partial charge in [0.25, 0.3) is 0 Å².